The van der Waals surface area contributed by atoms with Gasteiger partial charge in [-0.2, -0.15) is 4.31 Å². The summed E-state index contributed by atoms with van der Waals surface area (Å²) in [5.41, 5.74) is 0. The van der Waals surface area contributed by atoms with E-state index < -0.39 is 10.0 Å². The monoisotopic (exact) mass is 308 g/mol. The van der Waals surface area contributed by atoms with Crippen LogP contribution in [-0.2, 0) is 10.0 Å². The Labute approximate surface area is 117 Å². The Hall–Kier alpha value is -0.330. The van der Waals surface area contributed by atoms with Crippen LogP contribution in [-0.4, -0.2) is 38.9 Å². The average molecular weight is 309 g/mol. The maximum Gasteiger partial charge on any atom is 0.246 e. The molecule has 0 bridgehead atoms. The zero-order valence-electron chi connectivity index (χ0n) is 9.86. The summed E-state index contributed by atoms with van der Waals surface area (Å²) in [6.45, 7) is 1.47. The number of benzene rings is 1. The molecule has 100 valence electrons. The Kier molecular flexibility index (Phi) is 4.18. The zero-order chi connectivity index (χ0) is 13.3. The normalized spacial score (nSPS) is 20.6. The van der Waals surface area contributed by atoms with Crippen LogP contribution in [0.15, 0.2) is 23.1 Å². The van der Waals surface area contributed by atoms with Crippen molar-refractivity contribution in [1.82, 2.24) is 9.62 Å². The van der Waals surface area contributed by atoms with E-state index in [0.29, 0.717) is 6.54 Å². The lowest BCUT2D eigenvalue weighted by atomic mass is 10.3. The van der Waals surface area contributed by atoms with E-state index in [4.69, 9.17) is 23.2 Å². The van der Waals surface area contributed by atoms with E-state index >= 15 is 0 Å². The summed E-state index contributed by atoms with van der Waals surface area (Å²) in [5, 5.41) is 3.44. The highest BCUT2D eigenvalue weighted by Gasteiger charge is 2.32. The van der Waals surface area contributed by atoms with E-state index in [1.165, 1.54) is 16.4 Å². The predicted octanol–water partition coefficient (Wildman–Crippen LogP) is 1.98. The van der Waals surface area contributed by atoms with Crippen LogP contribution in [0.2, 0.25) is 10.0 Å². The molecule has 1 aromatic rings. The first-order chi connectivity index (χ1) is 8.44. The quantitative estimate of drug-likeness (QED) is 0.929. The molecule has 7 heteroatoms. The molecule has 1 fully saturated rings. The van der Waals surface area contributed by atoms with Crippen LogP contribution >= 0.6 is 23.2 Å². The van der Waals surface area contributed by atoms with Gasteiger partial charge in [-0.15, -0.1) is 0 Å². The topological polar surface area (TPSA) is 49.4 Å². The molecule has 0 amide bonds. The highest BCUT2D eigenvalue weighted by atomic mass is 35.5. The first-order valence-corrected chi connectivity index (χ1v) is 7.77. The minimum absolute atomic E-state index is 0.0114. The molecule has 1 aliphatic rings. The second-order valence-corrected chi connectivity index (χ2v) is 6.97. The molecule has 0 spiro atoms. The fourth-order valence-corrected chi connectivity index (χ4v) is 4.49. The van der Waals surface area contributed by atoms with Crippen molar-refractivity contribution >= 4 is 33.2 Å². The largest absolute Gasteiger partial charge is 0.315 e. The van der Waals surface area contributed by atoms with Gasteiger partial charge in [0.1, 0.15) is 4.90 Å². The van der Waals surface area contributed by atoms with Crippen LogP contribution in [0.3, 0.4) is 0 Å². The molecule has 1 saturated heterocycles. The average Bonchev–Trinajstić information content (AvgIpc) is 2.80. The second-order valence-electron chi connectivity index (χ2n) is 4.22. The SMILES string of the molecule is CN([C@@H]1CCNC1)S(=O)(=O)c1c(Cl)cccc1Cl. The van der Waals surface area contributed by atoms with Gasteiger partial charge in [0, 0.05) is 19.6 Å². The summed E-state index contributed by atoms with van der Waals surface area (Å²) in [6, 6.07) is 4.63. The molecule has 1 aliphatic heterocycles. The van der Waals surface area contributed by atoms with Gasteiger partial charge in [0.25, 0.3) is 0 Å². The molecule has 1 aromatic carbocycles. The number of nitrogens with zero attached hydrogens (tertiary/aromatic N) is 1. The lowest BCUT2D eigenvalue weighted by Crippen LogP contribution is -2.38. The van der Waals surface area contributed by atoms with Gasteiger partial charge in [-0.05, 0) is 25.1 Å². The molecule has 0 aromatic heterocycles. The molecule has 2 rings (SSSR count). The van der Waals surface area contributed by atoms with Gasteiger partial charge in [0.05, 0.1) is 10.0 Å². The molecule has 1 heterocycles. The molecule has 0 radical (unpaired) electrons. The third-order valence-electron chi connectivity index (χ3n) is 3.10. The molecule has 0 aliphatic carbocycles. The van der Waals surface area contributed by atoms with Crippen molar-refractivity contribution in [2.24, 2.45) is 0 Å². The van der Waals surface area contributed by atoms with Gasteiger partial charge in [0.15, 0.2) is 0 Å². The Morgan fingerprint density at radius 1 is 1.33 bits per heavy atom. The summed E-state index contributed by atoms with van der Waals surface area (Å²) >= 11 is 11.9. The molecule has 18 heavy (non-hydrogen) atoms. The van der Waals surface area contributed by atoms with Crippen molar-refractivity contribution in [2.45, 2.75) is 17.4 Å². The van der Waals surface area contributed by atoms with Crippen LogP contribution in [0.25, 0.3) is 0 Å². The lowest BCUT2D eigenvalue weighted by molar-refractivity contribution is 0.388. The summed E-state index contributed by atoms with van der Waals surface area (Å²) in [4.78, 5) is -0.0114. The molecule has 0 unspecified atom stereocenters. The summed E-state index contributed by atoms with van der Waals surface area (Å²) in [6.07, 6.45) is 0.789. The van der Waals surface area contributed by atoms with Crippen LogP contribution in [0.1, 0.15) is 6.42 Å². The van der Waals surface area contributed by atoms with Crippen LogP contribution in [0, 0.1) is 0 Å². The Bertz CT molecular complexity index is 522. The van der Waals surface area contributed by atoms with Crippen LogP contribution in [0.5, 0.6) is 0 Å². The number of likely N-dealkylation sites (N-methyl/N-ethyl adjacent to an activating group) is 1. The van der Waals surface area contributed by atoms with Crippen molar-refractivity contribution in [3.8, 4) is 0 Å². The van der Waals surface area contributed by atoms with E-state index in [0.717, 1.165) is 13.0 Å². The maximum atomic E-state index is 12.5. The summed E-state index contributed by atoms with van der Waals surface area (Å²) in [7, 11) is -2.09. The van der Waals surface area contributed by atoms with E-state index in [1.807, 2.05) is 0 Å². The maximum absolute atomic E-state index is 12.5. The predicted molar refractivity (Wildman–Crippen MR) is 72.7 cm³/mol. The standard InChI is InChI=1S/C11H14Cl2N2O2S/c1-15(8-5-6-14-7-8)18(16,17)11-9(12)3-2-4-10(11)13/h2-4,8,14H,5-7H2,1H3/t8-/m1/s1. The van der Waals surface area contributed by atoms with E-state index in [-0.39, 0.29) is 21.0 Å². The first-order valence-electron chi connectivity index (χ1n) is 5.57. The second kappa shape index (κ2) is 5.35. The lowest BCUT2D eigenvalue weighted by Gasteiger charge is -2.24. The number of halogens is 2. The van der Waals surface area contributed by atoms with Gasteiger partial charge < -0.3 is 5.32 Å². The molecule has 4 nitrogen and oxygen atoms in total. The van der Waals surface area contributed by atoms with E-state index in [9.17, 15) is 8.42 Å². The smallest absolute Gasteiger partial charge is 0.246 e. The Morgan fingerprint density at radius 2 is 1.94 bits per heavy atom. The van der Waals surface area contributed by atoms with E-state index in [1.54, 1.807) is 13.1 Å². The van der Waals surface area contributed by atoms with Gasteiger partial charge in [-0.1, -0.05) is 29.3 Å². The molecule has 1 atom stereocenters. The molecule has 0 saturated carbocycles. The summed E-state index contributed by atoms with van der Waals surface area (Å²) < 4.78 is 26.3. The van der Waals surface area contributed by atoms with Crippen LogP contribution in [0.4, 0.5) is 0 Å². The van der Waals surface area contributed by atoms with Gasteiger partial charge >= 0.3 is 0 Å². The first kappa shape index (κ1) is 14.1. The molecule has 1 N–H and O–H groups in total. The van der Waals surface area contributed by atoms with Crippen molar-refractivity contribution in [3.05, 3.63) is 28.2 Å². The number of rotatable bonds is 3. The van der Waals surface area contributed by atoms with Crippen molar-refractivity contribution in [3.63, 3.8) is 0 Å². The number of hydrogen-bond acceptors (Lipinski definition) is 3. The van der Waals surface area contributed by atoms with E-state index in [2.05, 4.69) is 5.32 Å². The minimum atomic E-state index is -3.65. The van der Waals surface area contributed by atoms with Crippen molar-refractivity contribution in [2.75, 3.05) is 20.1 Å². The van der Waals surface area contributed by atoms with Gasteiger partial charge in [0.2, 0.25) is 10.0 Å². The van der Waals surface area contributed by atoms with Crippen molar-refractivity contribution < 1.29 is 8.42 Å². The zero-order valence-corrected chi connectivity index (χ0v) is 12.2. The summed E-state index contributed by atoms with van der Waals surface area (Å²) in [5.74, 6) is 0. The minimum Gasteiger partial charge on any atom is -0.315 e. The highest BCUT2D eigenvalue weighted by molar-refractivity contribution is 7.89. The van der Waals surface area contributed by atoms with Crippen molar-refractivity contribution in [1.29, 1.82) is 0 Å². The fraction of sp³-hybridized carbons (Fsp3) is 0.455. The fourth-order valence-electron chi connectivity index (χ4n) is 2.02. The highest BCUT2D eigenvalue weighted by Crippen LogP contribution is 2.32. The Balaban J connectivity index is 2.41. The number of sulfonamides is 1. The number of hydrogen-bond donors (Lipinski definition) is 1. The van der Waals surface area contributed by atoms with Gasteiger partial charge in [-0.25, -0.2) is 8.42 Å². The third kappa shape index (κ3) is 2.51. The molecular weight excluding hydrogens is 295 g/mol. The Morgan fingerprint density at radius 3 is 2.44 bits per heavy atom. The third-order valence-corrected chi connectivity index (χ3v) is 5.97. The molecular formula is C11H14Cl2N2O2S. The van der Waals surface area contributed by atoms with Gasteiger partial charge in [-0.3, -0.25) is 0 Å². The number of nitrogens with one attached hydrogen (secondary N) is 1. The van der Waals surface area contributed by atoms with Crippen LogP contribution < -0.4 is 5.32 Å².